The molecular formula is C19H16N2O5. The highest BCUT2D eigenvalue weighted by atomic mass is 16.4. The second-order valence-electron chi connectivity index (χ2n) is 6.43. The van der Waals surface area contributed by atoms with Crippen molar-refractivity contribution in [2.24, 2.45) is 0 Å². The summed E-state index contributed by atoms with van der Waals surface area (Å²) < 4.78 is 5.19. The highest BCUT2D eigenvalue weighted by Gasteiger charge is 2.39. The van der Waals surface area contributed by atoms with E-state index in [1.54, 1.807) is 6.07 Å². The van der Waals surface area contributed by atoms with E-state index in [0.717, 1.165) is 17.7 Å². The molecule has 1 aromatic heterocycles. The third-order valence-corrected chi connectivity index (χ3v) is 4.59. The molecule has 2 heterocycles. The largest absolute Gasteiger partial charge is 0.513 e. The highest BCUT2D eigenvalue weighted by molar-refractivity contribution is 6.33. The minimum Gasteiger partial charge on any atom is -0.513 e. The van der Waals surface area contributed by atoms with Crippen LogP contribution in [0.2, 0.25) is 0 Å². The Morgan fingerprint density at radius 3 is 2.42 bits per heavy atom. The van der Waals surface area contributed by atoms with E-state index in [1.165, 1.54) is 25.1 Å². The zero-order chi connectivity index (χ0) is 18.4. The number of aromatic nitrogens is 1. The topological polar surface area (TPSA) is 101 Å². The van der Waals surface area contributed by atoms with Gasteiger partial charge in [0.2, 0.25) is 0 Å². The number of fused-ring (bicyclic) bond motifs is 1. The quantitative estimate of drug-likeness (QED) is 0.659. The third-order valence-electron chi connectivity index (χ3n) is 4.59. The minimum atomic E-state index is -0.677. The van der Waals surface area contributed by atoms with Crippen LogP contribution in [0.3, 0.4) is 0 Å². The summed E-state index contributed by atoms with van der Waals surface area (Å²) in [5.74, 6) is -0.650. The first-order valence-electron chi connectivity index (χ1n) is 8.38. The Kier molecular flexibility index (Phi) is 3.72. The van der Waals surface area contributed by atoms with Crippen LogP contribution in [-0.2, 0) is 9.59 Å². The number of amides is 2. The Labute approximate surface area is 148 Å². The number of benzene rings is 1. The van der Waals surface area contributed by atoms with Gasteiger partial charge in [-0.25, -0.2) is 14.7 Å². The van der Waals surface area contributed by atoms with E-state index in [9.17, 15) is 19.5 Å². The van der Waals surface area contributed by atoms with Gasteiger partial charge in [-0.2, -0.15) is 0 Å². The van der Waals surface area contributed by atoms with E-state index in [2.05, 4.69) is 4.98 Å². The van der Waals surface area contributed by atoms with Gasteiger partial charge < -0.3 is 9.52 Å². The lowest BCUT2D eigenvalue weighted by molar-refractivity contribution is -0.120. The lowest BCUT2D eigenvalue weighted by atomic mass is 9.93. The summed E-state index contributed by atoms with van der Waals surface area (Å²) in [5, 5.41) is 9.35. The van der Waals surface area contributed by atoms with E-state index >= 15 is 0 Å². The minimum absolute atomic E-state index is 0.0499. The molecular weight excluding hydrogens is 336 g/mol. The fourth-order valence-corrected chi connectivity index (χ4v) is 3.41. The first-order chi connectivity index (χ1) is 12.5. The molecule has 132 valence electrons. The molecule has 0 spiro atoms. The molecule has 0 saturated heterocycles. The van der Waals surface area contributed by atoms with Crippen LogP contribution >= 0.6 is 0 Å². The van der Waals surface area contributed by atoms with Crippen molar-refractivity contribution >= 4 is 34.7 Å². The summed E-state index contributed by atoms with van der Waals surface area (Å²) in [6, 6.07) is 4.61. The lowest BCUT2D eigenvalue weighted by Gasteiger charge is -2.15. The number of carbonyl (C=O) groups is 2. The molecule has 26 heavy (non-hydrogen) atoms. The standard InChI is InChI=1S/C19H16N2O5/c1-10(22)8-15-19(25)26-16-7-6-11(9-14(16)20-15)21-17(23)12-4-2-3-5-13(12)18(21)24/h6-9,22H,2-5H2,1H3/b10-8-. The zero-order valence-electron chi connectivity index (χ0n) is 14.1. The Balaban J connectivity index is 1.80. The predicted molar refractivity (Wildman–Crippen MR) is 94.5 cm³/mol. The number of hydrogen-bond donors (Lipinski definition) is 1. The van der Waals surface area contributed by atoms with Crippen LogP contribution in [0, 0.1) is 0 Å². The molecule has 0 bridgehead atoms. The van der Waals surface area contributed by atoms with Gasteiger partial charge in [0.1, 0.15) is 5.52 Å². The van der Waals surface area contributed by atoms with Crippen molar-refractivity contribution in [2.75, 3.05) is 4.90 Å². The van der Waals surface area contributed by atoms with Crippen molar-refractivity contribution in [3.8, 4) is 0 Å². The molecule has 1 aromatic carbocycles. The lowest BCUT2D eigenvalue weighted by Crippen LogP contribution is -2.31. The number of allylic oxidation sites excluding steroid dienone is 1. The first-order valence-corrected chi connectivity index (χ1v) is 8.38. The SMILES string of the molecule is C/C(O)=C/c1nc2cc(N3C(=O)C4=C(CCCC4)C3=O)ccc2oc1=O. The van der Waals surface area contributed by atoms with Crippen molar-refractivity contribution in [1.82, 2.24) is 4.98 Å². The second kappa shape index (κ2) is 5.94. The molecule has 1 N–H and O–H groups in total. The van der Waals surface area contributed by atoms with Crippen LogP contribution in [0.5, 0.6) is 0 Å². The molecule has 1 aliphatic heterocycles. The van der Waals surface area contributed by atoms with Gasteiger partial charge in [0.25, 0.3) is 11.8 Å². The summed E-state index contributed by atoms with van der Waals surface area (Å²) in [7, 11) is 0. The van der Waals surface area contributed by atoms with Gasteiger partial charge in [0, 0.05) is 17.2 Å². The van der Waals surface area contributed by atoms with E-state index in [1.807, 2.05) is 0 Å². The Morgan fingerprint density at radius 2 is 1.81 bits per heavy atom. The fourth-order valence-electron chi connectivity index (χ4n) is 3.41. The number of aliphatic hydroxyl groups excluding tert-OH is 1. The predicted octanol–water partition coefficient (Wildman–Crippen LogP) is 2.85. The number of carbonyl (C=O) groups excluding carboxylic acids is 2. The van der Waals surface area contributed by atoms with Gasteiger partial charge >= 0.3 is 5.63 Å². The smallest absolute Gasteiger partial charge is 0.362 e. The molecule has 2 aromatic rings. The van der Waals surface area contributed by atoms with Gasteiger partial charge in [-0.05, 0) is 50.8 Å². The van der Waals surface area contributed by atoms with Crippen molar-refractivity contribution < 1.29 is 19.1 Å². The normalized spacial score (nSPS) is 18.0. The molecule has 7 heteroatoms. The fraction of sp³-hybridized carbons (Fsp3) is 0.263. The highest BCUT2D eigenvalue weighted by Crippen LogP contribution is 2.36. The summed E-state index contributed by atoms with van der Waals surface area (Å²) in [5.41, 5.74) is 1.43. The van der Waals surface area contributed by atoms with Crippen molar-refractivity contribution in [3.05, 3.63) is 51.2 Å². The first kappa shape index (κ1) is 16.3. The van der Waals surface area contributed by atoms with E-state index in [-0.39, 0.29) is 28.9 Å². The van der Waals surface area contributed by atoms with E-state index in [4.69, 9.17) is 4.42 Å². The number of aliphatic hydroxyl groups is 1. The summed E-state index contributed by atoms with van der Waals surface area (Å²) in [4.78, 5) is 42.5. The Morgan fingerprint density at radius 1 is 1.15 bits per heavy atom. The van der Waals surface area contributed by atoms with Crippen LogP contribution in [0.15, 0.2) is 44.3 Å². The molecule has 2 amide bonds. The monoisotopic (exact) mass is 352 g/mol. The van der Waals surface area contributed by atoms with Crippen LogP contribution in [-0.4, -0.2) is 21.9 Å². The summed E-state index contributed by atoms with van der Waals surface area (Å²) in [6.45, 7) is 1.42. The second-order valence-corrected chi connectivity index (χ2v) is 6.43. The van der Waals surface area contributed by atoms with Gasteiger partial charge in [-0.3, -0.25) is 9.59 Å². The van der Waals surface area contributed by atoms with E-state index in [0.29, 0.717) is 35.2 Å². The number of nitrogens with zero attached hydrogens (tertiary/aromatic N) is 2. The molecule has 0 saturated carbocycles. The Hall–Kier alpha value is -3.22. The molecule has 4 rings (SSSR count). The van der Waals surface area contributed by atoms with Crippen LogP contribution in [0.1, 0.15) is 38.3 Å². The van der Waals surface area contributed by atoms with E-state index < -0.39 is 5.63 Å². The van der Waals surface area contributed by atoms with Gasteiger partial charge in [0.15, 0.2) is 11.3 Å². The number of hydrogen-bond acceptors (Lipinski definition) is 6. The van der Waals surface area contributed by atoms with Crippen molar-refractivity contribution in [2.45, 2.75) is 32.6 Å². The molecule has 0 atom stereocenters. The zero-order valence-corrected chi connectivity index (χ0v) is 14.1. The maximum absolute atomic E-state index is 12.7. The molecule has 1 aliphatic carbocycles. The average molecular weight is 352 g/mol. The average Bonchev–Trinajstić information content (AvgIpc) is 2.86. The van der Waals surface area contributed by atoms with Gasteiger partial charge in [-0.1, -0.05) is 0 Å². The number of imide groups is 1. The van der Waals surface area contributed by atoms with Crippen molar-refractivity contribution in [1.29, 1.82) is 0 Å². The number of anilines is 1. The molecule has 0 fully saturated rings. The third kappa shape index (κ3) is 2.52. The summed E-state index contributed by atoms with van der Waals surface area (Å²) >= 11 is 0. The Bertz CT molecular complexity index is 1050. The molecule has 2 aliphatic rings. The van der Waals surface area contributed by atoms with Crippen LogP contribution in [0.4, 0.5) is 5.69 Å². The maximum Gasteiger partial charge on any atom is 0.362 e. The van der Waals surface area contributed by atoms with Crippen LogP contribution in [0.25, 0.3) is 17.2 Å². The summed E-state index contributed by atoms with van der Waals surface area (Å²) in [6.07, 6.45) is 4.27. The molecule has 0 unspecified atom stereocenters. The maximum atomic E-state index is 12.7. The molecule has 7 nitrogen and oxygen atoms in total. The van der Waals surface area contributed by atoms with Crippen molar-refractivity contribution in [3.63, 3.8) is 0 Å². The van der Waals surface area contributed by atoms with Gasteiger partial charge in [-0.15, -0.1) is 0 Å². The van der Waals surface area contributed by atoms with Crippen LogP contribution < -0.4 is 10.5 Å². The number of rotatable bonds is 2. The van der Waals surface area contributed by atoms with Gasteiger partial charge in [0.05, 0.1) is 11.4 Å². The molecule has 0 radical (unpaired) electrons.